The van der Waals surface area contributed by atoms with Gasteiger partial charge >= 0.3 is 11.9 Å². The number of halogens is 3. The fourth-order valence-corrected chi connectivity index (χ4v) is 4.57. The van der Waals surface area contributed by atoms with Crippen LogP contribution in [-0.2, 0) is 11.0 Å². The summed E-state index contributed by atoms with van der Waals surface area (Å²) in [6.45, 7) is 0. The SMILES string of the molecule is O=C1/C(=C\c2ccc(Oc3ccc([N+](=O)[O-])cc3[N+](=O)[O-])cc2)SC(=S)N1c1cccc(C(F)(F)F)c1. The number of carbonyl (C=O) groups is 1. The molecule has 14 heteroatoms. The zero-order valence-corrected chi connectivity index (χ0v) is 19.8. The molecule has 0 radical (unpaired) electrons. The number of thiocarbonyl (C=S) groups is 1. The number of rotatable bonds is 6. The molecule has 0 aliphatic carbocycles. The maximum atomic E-state index is 13.1. The largest absolute Gasteiger partial charge is 0.450 e. The molecule has 3 aromatic carbocycles. The van der Waals surface area contributed by atoms with Gasteiger partial charge in [-0.15, -0.1) is 0 Å². The van der Waals surface area contributed by atoms with Crippen LogP contribution in [0.1, 0.15) is 11.1 Å². The normalized spacial score (nSPS) is 14.8. The molecule has 0 unspecified atom stereocenters. The number of anilines is 1. The van der Waals surface area contributed by atoms with E-state index >= 15 is 0 Å². The van der Waals surface area contributed by atoms with Gasteiger partial charge in [0.05, 0.1) is 32.1 Å². The van der Waals surface area contributed by atoms with E-state index in [9.17, 15) is 38.2 Å². The summed E-state index contributed by atoms with van der Waals surface area (Å²) in [5.74, 6) is -0.605. The van der Waals surface area contributed by atoms with E-state index in [1.54, 1.807) is 12.1 Å². The van der Waals surface area contributed by atoms with Crippen molar-refractivity contribution in [2.75, 3.05) is 4.90 Å². The highest BCUT2D eigenvalue weighted by atomic mass is 32.2. The molecular formula is C23H12F3N3O6S2. The van der Waals surface area contributed by atoms with E-state index in [-0.39, 0.29) is 26.4 Å². The molecule has 0 spiro atoms. The van der Waals surface area contributed by atoms with Crippen LogP contribution in [-0.4, -0.2) is 20.1 Å². The highest BCUT2D eigenvalue weighted by Gasteiger charge is 2.36. The topological polar surface area (TPSA) is 116 Å². The van der Waals surface area contributed by atoms with Crippen molar-refractivity contribution < 1.29 is 32.5 Å². The van der Waals surface area contributed by atoms with Gasteiger partial charge in [-0.05, 0) is 48.0 Å². The molecule has 1 aliphatic heterocycles. The molecule has 3 aromatic rings. The fourth-order valence-electron chi connectivity index (χ4n) is 3.27. The summed E-state index contributed by atoms with van der Waals surface area (Å²) in [4.78, 5) is 34.7. The number of hydrogen-bond acceptors (Lipinski definition) is 8. The van der Waals surface area contributed by atoms with Crippen molar-refractivity contribution in [2.45, 2.75) is 6.18 Å². The van der Waals surface area contributed by atoms with E-state index < -0.39 is 38.9 Å². The van der Waals surface area contributed by atoms with Crippen LogP contribution in [0.3, 0.4) is 0 Å². The number of hydrogen-bond donors (Lipinski definition) is 0. The quantitative estimate of drug-likeness (QED) is 0.145. The van der Waals surface area contributed by atoms with Crippen LogP contribution in [0.4, 0.5) is 30.2 Å². The van der Waals surface area contributed by atoms with Gasteiger partial charge in [-0.3, -0.25) is 29.9 Å². The molecule has 37 heavy (non-hydrogen) atoms. The number of amides is 1. The Morgan fingerprint density at radius 3 is 2.30 bits per heavy atom. The Balaban J connectivity index is 1.54. The van der Waals surface area contributed by atoms with Crippen LogP contribution in [0.2, 0.25) is 0 Å². The third-order valence-corrected chi connectivity index (χ3v) is 6.28. The van der Waals surface area contributed by atoms with Crippen molar-refractivity contribution in [3.8, 4) is 11.5 Å². The van der Waals surface area contributed by atoms with E-state index in [2.05, 4.69) is 0 Å². The summed E-state index contributed by atoms with van der Waals surface area (Å²) in [5, 5.41) is 22.2. The predicted octanol–water partition coefficient (Wildman–Crippen LogP) is 6.72. The van der Waals surface area contributed by atoms with Gasteiger partial charge in [0, 0.05) is 6.07 Å². The summed E-state index contributed by atoms with van der Waals surface area (Å²) in [6.07, 6.45) is -3.09. The van der Waals surface area contributed by atoms with Crippen LogP contribution in [0.15, 0.2) is 71.6 Å². The van der Waals surface area contributed by atoms with Crippen LogP contribution < -0.4 is 9.64 Å². The number of nitrogens with zero attached hydrogens (tertiary/aromatic N) is 3. The molecule has 0 atom stereocenters. The van der Waals surface area contributed by atoms with Crippen LogP contribution >= 0.6 is 24.0 Å². The van der Waals surface area contributed by atoms with Crippen molar-refractivity contribution in [1.82, 2.24) is 0 Å². The van der Waals surface area contributed by atoms with Gasteiger partial charge in [0.1, 0.15) is 5.75 Å². The third kappa shape index (κ3) is 5.59. The standard InChI is InChI=1S/C23H12F3N3O6S2/c24-23(25,26)14-2-1-3-15(11-14)27-21(30)20(37-22(27)36)10-13-4-7-17(8-5-13)35-19-9-6-16(28(31)32)12-18(19)29(33)34/h1-12H/b20-10+. The highest BCUT2D eigenvalue weighted by Crippen LogP contribution is 2.39. The van der Waals surface area contributed by atoms with Gasteiger partial charge in [-0.25, -0.2) is 0 Å². The molecule has 1 heterocycles. The van der Waals surface area contributed by atoms with Crippen molar-refractivity contribution in [3.63, 3.8) is 0 Å². The van der Waals surface area contributed by atoms with E-state index in [1.165, 1.54) is 30.3 Å². The Morgan fingerprint density at radius 2 is 1.68 bits per heavy atom. The monoisotopic (exact) mass is 547 g/mol. The minimum atomic E-state index is -4.58. The number of nitro benzene ring substituents is 2. The van der Waals surface area contributed by atoms with Gasteiger partial charge < -0.3 is 4.74 Å². The average Bonchev–Trinajstić information content (AvgIpc) is 3.12. The van der Waals surface area contributed by atoms with Gasteiger partial charge in [-0.1, -0.05) is 42.2 Å². The lowest BCUT2D eigenvalue weighted by molar-refractivity contribution is -0.394. The van der Waals surface area contributed by atoms with Gasteiger partial charge in [0.2, 0.25) is 5.75 Å². The highest BCUT2D eigenvalue weighted by molar-refractivity contribution is 8.27. The molecule has 188 valence electrons. The van der Waals surface area contributed by atoms with E-state index in [1.807, 2.05) is 0 Å². The number of carbonyl (C=O) groups excluding carboxylic acids is 1. The summed E-state index contributed by atoms with van der Waals surface area (Å²) in [7, 11) is 0. The molecule has 0 bridgehead atoms. The van der Waals surface area contributed by atoms with E-state index in [0.717, 1.165) is 47.0 Å². The molecule has 1 fully saturated rings. The summed E-state index contributed by atoms with van der Waals surface area (Å²) < 4.78 is 44.8. The third-order valence-electron chi connectivity index (χ3n) is 4.98. The minimum absolute atomic E-state index is 0.00540. The van der Waals surface area contributed by atoms with Crippen molar-refractivity contribution in [2.24, 2.45) is 0 Å². The van der Waals surface area contributed by atoms with Crippen LogP contribution in [0, 0.1) is 20.2 Å². The molecule has 9 nitrogen and oxygen atoms in total. The maximum absolute atomic E-state index is 13.1. The Kier molecular flexibility index (Phi) is 6.96. The van der Waals surface area contributed by atoms with E-state index in [0.29, 0.717) is 5.56 Å². The Bertz CT molecular complexity index is 1480. The lowest BCUT2D eigenvalue weighted by atomic mass is 10.1. The first-order chi connectivity index (χ1) is 17.4. The van der Waals surface area contributed by atoms with Crippen LogP contribution in [0.5, 0.6) is 11.5 Å². The smallest absolute Gasteiger partial charge is 0.416 e. The molecule has 1 aliphatic rings. The Morgan fingerprint density at radius 1 is 0.973 bits per heavy atom. The molecule has 0 saturated carbocycles. The van der Waals surface area contributed by atoms with Crippen molar-refractivity contribution in [3.05, 3.63) is 103 Å². The minimum Gasteiger partial charge on any atom is -0.450 e. The summed E-state index contributed by atoms with van der Waals surface area (Å²) in [5.41, 5.74) is -1.44. The summed E-state index contributed by atoms with van der Waals surface area (Å²) >= 11 is 6.14. The zero-order chi connectivity index (χ0) is 26.9. The number of alkyl halides is 3. The molecule has 1 saturated heterocycles. The second kappa shape index (κ2) is 9.99. The fraction of sp³-hybridized carbons (Fsp3) is 0.0435. The second-order valence-electron chi connectivity index (χ2n) is 7.40. The number of benzene rings is 3. The zero-order valence-electron chi connectivity index (χ0n) is 18.2. The number of ether oxygens (including phenoxy) is 1. The van der Waals surface area contributed by atoms with Crippen LogP contribution in [0.25, 0.3) is 6.08 Å². The predicted molar refractivity (Wildman–Crippen MR) is 133 cm³/mol. The molecule has 1 amide bonds. The first-order valence-corrected chi connectivity index (χ1v) is 11.3. The molecule has 0 N–H and O–H groups in total. The second-order valence-corrected chi connectivity index (χ2v) is 9.08. The van der Waals surface area contributed by atoms with Crippen molar-refractivity contribution in [1.29, 1.82) is 0 Å². The Labute approximate surface area is 215 Å². The number of non-ortho nitro benzene ring substituents is 1. The first kappa shape index (κ1) is 25.8. The lowest BCUT2D eigenvalue weighted by Gasteiger charge is -2.16. The lowest BCUT2D eigenvalue weighted by Crippen LogP contribution is -2.27. The molecular weight excluding hydrogens is 535 g/mol. The molecule has 0 aromatic heterocycles. The Hall–Kier alpha value is -4.30. The maximum Gasteiger partial charge on any atom is 0.416 e. The van der Waals surface area contributed by atoms with Gasteiger partial charge in [0.25, 0.3) is 11.6 Å². The number of thioether (sulfide) groups is 1. The average molecular weight is 547 g/mol. The van der Waals surface area contributed by atoms with Gasteiger partial charge in [0.15, 0.2) is 4.32 Å². The first-order valence-electron chi connectivity index (χ1n) is 10.1. The number of nitro groups is 2. The summed E-state index contributed by atoms with van der Waals surface area (Å²) in [6, 6.07) is 13.3. The van der Waals surface area contributed by atoms with Gasteiger partial charge in [-0.2, -0.15) is 13.2 Å². The van der Waals surface area contributed by atoms with Crippen molar-refractivity contribution >= 4 is 57.3 Å². The van der Waals surface area contributed by atoms with E-state index in [4.69, 9.17) is 17.0 Å². The molecule has 4 rings (SSSR count).